The van der Waals surface area contributed by atoms with E-state index in [2.05, 4.69) is 20.9 Å². The van der Waals surface area contributed by atoms with Crippen LogP contribution < -0.4 is 20.7 Å². The third-order valence-electron chi connectivity index (χ3n) is 3.98. The fourth-order valence-electron chi connectivity index (χ4n) is 2.49. The molecule has 0 aliphatic carbocycles. The van der Waals surface area contributed by atoms with Gasteiger partial charge in [-0.25, -0.2) is 4.39 Å². The number of nitrogens with one attached hydrogen (secondary N) is 3. The summed E-state index contributed by atoms with van der Waals surface area (Å²) in [4.78, 5) is 16.6. The van der Waals surface area contributed by atoms with Gasteiger partial charge in [-0.05, 0) is 55.3 Å². The molecule has 0 saturated carbocycles. The number of benzene rings is 2. The van der Waals surface area contributed by atoms with Gasteiger partial charge in [0.25, 0.3) is 5.91 Å². The smallest absolute Gasteiger partial charge is 0.251 e. The number of hydrogen-bond donors (Lipinski definition) is 3. The summed E-state index contributed by atoms with van der Waals surface area (Å²) < 4.78 is 18.0. The van der Waals surface area contributed by atoms with Gasteiger partial charge in [-0.15, -0.1) is 24.0 Å². The normalized spacial score (nSPS) is 10.7. The molecule has 0 radical (unpaired) electrons. The van der Waals surface area contributed by atoms with E-state index >= 15 is 0 Å². The quantitative estimate of drug-likeness (QED) is 0.208. The van der Waals surface area contributed by atoms with Crippen LogP contribution in [0.1, 0.15) is 22.8 Å². The highest BCUT2D eigenvalue weighted by molar-refractivity contribution is 14.0. The van der Waals surface area contributed by atoms with Gasteiger partial charge in [0.15, 0.2) is 5.96 Å². The molecule has 0 atom stereocenters. The molecule has 2 aromatic carbocycles. The summed E-state index contributed by atoms with van der Waals surface area (Å²) in [5, 5.41) is 9.21. The number of ether oxygens (including phenoxy) is 1. The lowest BCUT2D eigenvalue weighted by Crippen LogP contribution is -2.41. The zero-order valence-corrected chi connectivity index (χ0v) is 19.0. The molecule has 0 heterocycles. The van der Waals surface area contributed by atoms with E-state index in [1.807, 2.05) is 6.92 Å². The number of methoxy groups -OCH3 is 1. The molecule has 2 rings (SSSR count). The maximum Gasteiger partial charge on any atom is 0.251 e. The number of rotatable bonds is 9. The Kier molecular flexibility index (Phi) is 11.7. The molecule has 0 saturated heterocycles. The van der Waals surface area contributed by atoms with Crippen molar-refractivity contribution in [3.63, 3.8) is 0 Å². The molecule has 0 unspecified atom stereocenters. The van der Waals surface area contributed by atoms with Gasteiger partial charge < -0.3 is 20.7 Å². The number of amides is 1. The molecule has 3 N–H and O–H groups in total. The molecule has 0 aliphatic rings. The Bertz CT molecular complexity index is 767. The molecule has 158 valence electrons. The second-order valence-corrected chi connectivity index (χ2v) is 6.05. The fraction of sp³-hybridized carbons (Fsp3) is 0.333. The molecule has 6 nitrogen and oxygen atoms in total. The summed E-state index contributed by atoms with van der Waals surface area (Å²) in [6.07, 6.45) is 0.727. The molecule has 0 aromatic heterocycles. The highest BCUT2D eigenvalue weighted by Crippen LogP contribution is 2.10. The van der Waals surface area contributed by atoms with Crippen molar-refractivity contribution >= 4 is 35.8 Å². The molecule has 0 aliphatic heterocycles. The highest BCUT2D eigenvalue weighted by Gasteiger charge is 2.05. The Balaban J connectivity index is 0.00000420. The van der Waals surface area contributed by atoms with Gasteiger partial charge in [0.05, 0.1) is 7.11 Å². The molecule has 1 amide bonds. The highest BCUT2D eigenvalue weighted by atomic mass is 127. The minimum absolute atomic E-state index is 0. The van der Waals surface area contributed by atoms with Crippen LogP contribution in [-0.2, 0) is 6.42 Å². The Labute approximate surface area is 188 Å². The van der Waals surface area contributed by atoms with Gasteiger partial charge in [0, 0.05) is 31.7 Å². The van der Waals surface area contributed by atoms with Gasteiger partial charge in [0.2, 0.25) is 0 Å². The zero-order chi connectivity index (χ0) is 20.2. The van der Waals surface area contributed by atoms with E-state index in [9.17, 15) is 9.18 Å². The number of guanidine groups is 1. The molecule has 29 heavy (non-hydrogen) atoms. The van der Waals surface area contributed by atoms with E-state index < -0.39 is 0 Å². The first-order valence-electron chi connectivity index (χ1n) is 9.31. The van der Waals surface area contributed by atoms with Gasteiger partial charge in [-0.2, -0.15) is 0 Å². The molecule has 0 fully saturated rings. The van der Waals surface area contributed by atoms with Crippen LogP contribution in [-0.4, -0.2) is 45.2 Å². The third kappa shape index (κ3) is 9.12. The first kappa shape index (κ1) is 24.7. The predicted octanol–water partition coefficient (Wildman–Crippen LogP) is 2.98. The lowest BCUT2D eigenvalue weighted by atomic mass is 10.1. The van der Waals surface area contributed by atoms with E-state index in [4.69, 9.17) is 4.74 Å². The van der Waals surface area contributed by atoms with Gasteiger partial charge in [0.1, 0.15) is 11.6 Å². The summed E-state index contributed by atoms with van der Waals surface area (Å²) in [6, 6.07) is 13.4. The number of hydrogen-bond acceptors (Lipinski definition) is 3. The van der Waals surface area contributed by atoms with Crippen molar-refractivity contribution < 1.29 is 13.9 Å². The SMILES string of the molecule is CCNC(=NCCc1ccc(F)cc1)NCCNC(=O)c1ccc(OC)cc1.I. The lowest BCUT2D eigenvalue weighted by Gasteiger charge is -2.12. The largest absolute Gasteiger partial charge is 0.497 e. The van der Waals surface area contributed by atoms with Crippen molar-refractivity contribution in [3.8, 4) is 5.75 Å². The van der Waals surface area contributed by atoms with Crippen LogP contribution in [0.4, 0.5) is 4.39 Å². The number of aliphatic imine (C=N–C) groups is 1. The monoisotopic (exact) mass is 514 g/mol. The summed E-state index contributed by atoms with van der Waals surface area (Å²) >= 11 is 0. The first-order valence-corrected chi connectivity index (χ1v) is 9.31. The fourth-order valence-corrected chi connectivity index (χ4v) is 2.49. The van der Waals surface area contributed by atoms with Crippen molar-refractivity contribution in [2.75, 3.05) is 33.3 Å². The van der Waals surface area contributed by atoms with Crippen LogP contribution in [0, 0.1) is 5.82 Å². The number of carbonyl (C=O) groups is 1. The molecule has 0 spiro atoms. The third-order valence-corrected chi connectivity index (χ3v) is 3.98. The number of nitrogens with zero attached hydrogens (tertiary/aromatic N) is 1. The molecule has 2 aromatic rings. The average molecular weight is 514 g/mol. The number of carbonyl (C=O) groups excluding carboxylic acids is 1. The molecule has 8 heteroatoms. The topological polar surface area (TPSA) is 74.8 Å². The second-order valence-electron chi connectivity index (χ2n) is 6.05. The minimum atomic E-state index is -0.237. The van der Waals surface area contributed by atoms with Crippen molar-refractivity contribution in [2.24, 2.45) is 4.99 Å². The average Bonchev–Trinajstić information content (AvgIpc) is 2.72. The molecular formula is C21H28FIN4O2. The van der Waals surface area contributed by atoms with Crippen LogP contribution in [0.5, 0.6) is 5.75 Å². The maximum absolute atomic E-state index is 12.9. The van der Waals surface area contributed by atoms with Crippen molar-refractivity contribution in [2.45, 2.75) is 13.3 Å². The van der Waals surface area contributed by atoms with E-state index in [-0.39, 0.29) is 35.7 Å². The standard InChI is InChI=1S/C21H27FN4O2.HI/c1-3-23-21(25-13-12-16-4-8-18(22)9-5-16)26-15-14-24-20(27)17-6-10-19(28-2)11-7-17;/h4-11H,3,12-15H2,1-2H3,(H,24,27)(H2,23,25,26);1H. The Morgan fingerprint density at radius 1 is 1.00 bits per heavy atom. The van der Waals surface area contributed by atoms with Crippen molar-refractivity contribution in [3.05, 3.63) is 65.5 Å². The van der Waals surface area contributed by atoms with E-state index in [0.29, 0.717) is 36.9 Å². The molecule has 0 bridgehead atoms. The van der Waals surface area contributed by atoms with Crippen molar-refractivity contribution in [1.82, 2.24) is 16.0 Å². The van der Waals surface area contributed by atoms with E-state index in [1.54, 1.807) is 43.5 Å². The van der Waals surface area contributed by atoms with E-state index in [1.165, 1.54) is 12.1 Å². The van der Waals surface area contributed by atoms with E-state index in [0.717, 1.165) is 18.5 Å². The lowest BCUT2D eigenvalue weighted by molar-refractivity contribution is 0.0954. The maximum atomic E-state index is 12.9. The van der Waals surface area contributed by atoms with Crippen LogP contribution in [0.15, 0.2) is 53.5 Å². The Morgan fingerprint density at radius 3 is 2.28 bits per heavy atom. The summed E-state index contributed by atoms with van der Waals surface area (Å²) in [6.45, 7) is 4.32. The molecular weight excluding hydrogens is 486 g/mol. The predicted molar refractivity (Wildman–Crippen MR) is 125 cm³/mol. The summed E-state index contributed by atoms with van der Waals surface area (Å²) in [5.74, 6) is 1.02. The van der Waals surface area contributed by atoms with Crippen LogP contribution in [0.2, 0.25) is 0 Å². The number of halogens is 2. The van der Waals surface area contributed by atoms with Gasteiger partial charge in [-0.1, -0.05) is 12.1 Å². The second kappa shape index (κ2) is 13.8. The zero-order valence-electron chi connectivity index (χ0n) is 16.7. The van der Waals surface area contributed by atoms with Crippen LogP contribution >= 0.6 is 24.0 Å². The Morgan fingerprint density at radius 2 is 1.66 bits per heavy atom. The summed E-state index contributed by atoms with van der Waals surface area (Å²) in [5.41, 5.74) is 1.62. The first-order chi connectivity index (χ1) is 13.6. The van der Waals surface area contributed by atoms with Crippen molar-refractivity contribution in [1.29, 1.82) is 0 Å². The van der Waals surface area contributed by atoms with Gasteiger partial charge in [-0.3, -0.25) is 9.79 Å². The summed E-state index contributed by atoms with van der Waals surface area (Å²) in [7, 11) is 1.59. The Hall–Kier alpha value is -2.36. The van der Waals surface area contributed by atoms with Crippen LogP contribution in [0.25, 0.3) is 0 Å². The van der Waals surface area contributed by atoms with Crippen LogP contribution in [0.3, 0.4) is 0 Å². The minimum Gasteiger partial charge on any atom is -0.497 e. The van der Waals surface area contributed by atoms with Gasteiger partial charge >= 0.3 is 0 Å².